The fourth-order valence-corrected chi connectivity index (χ4v) is 2.56. The van der Waals surface area contributed by atoms with Gasteiger partial charge in [-0.1, -0.05) is 45.4 Å². The Kier molecular flexibility index (Phi) is 4.92. The van der Waals surface area contributed by atoms with Crippen molar-refractivity contribution in [3.8, 4) is 0 Å². The lowest BCUT2D eigenvalue weighted by atomic mass is 9.84. The van der Waals surface area contributed by atoms with E-state index in [1.807, 2.05) is 6.92 Å². The van der Waals surface area contributed by atoms with E-state index in [1.165, 1.54) is 22.3 Å². The number of rotatable bonds is 5. The second-order valence-electron chi connectivity index (χ2n) is 4.75. The summed E-state index contributed by atoms with van der Waals surface area (Å²) in [4.78, 5) is 11.9. The number of carbonyl (C=O) groups is 1. The van der Waals surface area contributed by atoms with Gasteiger partial charge in [-0.3, -0.25) is 4.79 Å². The number of Topliss-reactive ketones (excluding diaryl/α,β-unsaturated/α-hetero) is 1. The van der Waals surface area contributed by atoms with Crippen molar-refractivity contribution in [1.82, 2.24) is 0 Å². The third-order valence-corrected chi connectivity index (χ3v) is 3.52. The van der Waals surface area contributed by atoms with Crippen LogP contribution in [0.3, 0.4) is 0 Å². The summed E-state index contributed by atoms with van der Waals surface area (Å²) >= 11 is 0. The van der Waals surface area contributed by atoms with E-state index < -0.39 is 0 Å². The lowest BCUT2D eigenvalue weighted by Gasteiger charge is -2.19. The van der Waals surface area contributed by atoms with Crippen molar-refractivity contribution in [2.24, 2.45) is 0 Å². The predicted molar refractivity (Wildman–Crippen MR) is 73.6 cm³/mol. The number of hydrogen-bond donors (Lipinski definition) is 0. The molecule has 0 aliphatic heterocycles. The molecule has 0 heterocycles. The first-order valence-electron chi connectivity index (χ1n) is 6.70. The summed E-state index contributed by atoms with van der Waals surface area (Å²) in [6.07, 6.45) is 2.64. The highest BCUT2D eigenvalue weighted by atomic mass is 16.1. The molecule has 0 spiro atoms. The van der Waals surface area contributed by atoms with Gasteiger partial charge in [-0.25, -0.2) is 0 Å². The van der Waals surface area contributed by atoms with E-state index in [0.717, 1.165) is 12.8 Å². The molecule has 0 bridgehead atoms. The van der Waals surface area contributed by atoms with Gasteiger partial charge in [0.15, 0.2) is 0 Å². The van der Waals surface area contributed by atoms with Crippen LogP contribution in [0.15, 0.2) is 12.1 Å². The molecule has 0 aliphatic carbocycles. The number of carbonyl (C=O) groups excluding carboxylic acids is 1. The van der Waals surface area contributed by atoms with Gasteiger partial charge in [0.05, 0.1) is 0 Å². The monoisotopic (exact) mass is 232 g/mol. The van der Waals surface area contributed by atoms with Gasteiger partial charge in [-0.2, -0.15) is 0 Å². The quantitative estimate of drug-likeness (QED) is 0.743. The van der Waals surface area contributed by atoms with Crippen LogP contribution in [0.2, 0.25) is 0 Å². The maximum absolute atomic E-state index is 11.9. The molecule has 0 fully saturated rings. The van der Waals surface area contributed by atoms with Gasteiger partial charge in [-0.05, 0) is 36.5 Å². The van der Waals surface area contributed by atoms with Crippen LogP contribution in [-0.2, 0) is 17.6 Å². The molecule has 1 atom stereocenters. The summed E-state index contributed by atoms with van der Waals surface area (Å²) < 4.78 is 0. The normalized spacial score (nSPS) is 12.5. The Bertz CT molecular complexity index is 379. The van der Waals surface area contributed by atoms with Crippen LogP contribution in [0.25, 0.3) is 0 Å². The van der Waals surface area contributed by atoms with Crippen molar-refractivity contribution in [2.75, 3.05) is 0 Å². The van der Waals surface area contributed by atoms with Gasteiger partial charge in [0.25, 0.3) is 0 Å². The van der Waals surface area contributed by atoms with Gasteiger partial charge < -0.3 is 0 Å². The fraction of sp³-hybridized carbons (Fsp3) is 0.562. The molecule has 0 aliphatic rings. The predicted octanol–water partition coefficient (Wildman–Crippen LogP) is 4.20. The van der Waals surface area contributed by atoms with Gasteiger partial charge in [0.1, 0.15) is 5.78 Å². The minimum absolute atomic E-state index is 0.0468. The SMILES string of the molecule is CCC(=O)C(C)c1c(CC)cc(C)cc1CC. The average molecular weight is 232 g/mol. The van der Waals surface area contributed by atoms with E-state index in [1.54, 1.807) is 0 Å². The number of aryl methyl sites for hydroxylation is 3. The molecule has 1 heteroatoms. The largest absolute Gasteiger partial charge is 0.299 e. The molecule has 1 rings (SSSR count). The molecule has 0 aromatic heterocycles. The Morgan fingerprint density at radius 2 is 1.59 bits per heavy atom. The molecule has 17 heavy (non-hydrogen) atoms. The van der Waals surface area contributed by atoms with Crippen molar-refractivity contribution < 1.29 is 4.79 Å². The molecule has 1 nitrogen and oxygen atoms in total. The molecule has 94 valence electrons. The summed E-state index contributed by atoms with van der Waals surface area (Å²) in [5.41, 5.74) is 5.28. The van der Waals surface area contributed by atoms with Crippen LogP contribution in [-0.4, -0.2) is 5.78 Å². The van der Waals surface area contributed by atoms with Gasteiger partial charge in [-0.15, -0.1) is 0 Å². The first-order chi connectivity index (χ1) is 8.04. The maximum atomic E-state index is 11.9. The standard InChI is InChI=1S/C16H24O/c1-6-13-9-11(4)10-14(7-2)16(13)12(5)15(17)8-3/h9-10,12H,6-8H2,1-5H3. The minimum Gasteiger partial charge on any atom is -0.299 e. The zero-order valence-corrected chi connectivity index (χ0v) is 11.8. The van der Waals surface area contributed by atoms with Crippen LogP contribution >= 0.6 is 0 Å². The number of benzene rings is 1. The fourth-order valence-electron chi connectivity index (χ4n) is 2.56. The zero-order chi connectivity index (χ0) is 13.0. The highest BCUT2D eigenvalue weighted by Crippen LogP contribution is 2.28. The minimum atomic E-state index is 0.0468. The molecule has 1 aromatic carbocycles. The number of hydrogen-bond acceptors (Lipinski definition) is 1. The van der Waals surface area contributed by atoms with Crippen LogP contribution in [0, 0.1) is 6.92 Å². The Morgan fingerprint density at radius 1 is 1.12 bits per heavy atom. The molecule has 0 N–H and O–H groups in total. The third-order valence-electron chi connectivity index (χ3n) is 3.52. The average Bonchev–Trinajstić information content (AvgIpc) is 2.35. The topological polar surface area (TPSA) is 17.1 Å². The van der Waals surface area contributed by atoms with Crippen molar-refractivity contribution in [3.63, 3.8) is 0 Å². The lowest BCUT2D eigenvalue weighted by Crippen LogP contribution is -2.13. The van der Waals surface area contributed by atoms with Crippen LogP contribution in [0.5, 0.6) is 0 Å². The van der Waals surface area contributed by atoms with E-state index in [0.29, 0.717) is 12.2 Å². The molecular weight excluding hydrogens is 208 g/mol. The first kappa shape index (κ1) is 14.0. The Hall–Kier alpha value is -1.11. The highest BCUT2D eigenvalue weighted by Gasteiger charge is 2.19. The van der Waals surface area contributed by atoms with Gasteiger partial charge in [0, 0.05) is 12.3 Å². The summed E-state index contributed by atoms with van der Waals surface area (Å²) in [7, 11) is 0. The zero-order valence-electron chi connectivity index (χ0n) is 11.8. The lowest BCUT2D eigenvalue weighted by molar-refractivity contribution is -0.119. The van der Waals surface area contributed by atoms with Crippen molar-refractivity contribution in [1.29, 1.82) is 0 Å². The highest BCUT2D eigenvalue weighted by molar-refractivity contribution is 5.85. The van der Waals surface area contributed by atoms with Crippen LogP contribution < -0.4 is 0 Å². The summed E-state index contributed by atoms with van der Waals surface area (Å²) in [6.45, 7) is 10.5. The number of ketones is 1. The van der Waals surface area contributed by atoms with Crippen molar-refractivity contribution in [3.05, 3.63) is 34.4 Å². The van der Waals surface area contributed by atoms with Crippen LogP contribution in [0.4, 0.5) is 0 Å². The van der Waals surface area contributed by atoms with Crippen molar-refractivity contribution >= 4 is 5.78 Å². The second kappa shape index (κ2) is 6.00. The molecule has 0 saturated heterocycles. The summed E-state index contributed by atoms with van der Waals surface area (Å²) in [6, 6.07) is 4.46. The van der Waals surface area contributed by atoms with Crippen LogP contribution in [0.1, 0.15) is 62.3 Å². The Morgan fingerprint density at radius 3 is 1.94 bits per heavy atom. The molecule has 0 saturated carbocycles. The smallest absolute Gasteiger partial charge is 0.139 e. The molecule has 0 amide bonds. The molecule has 0 radical (unpaired) electrons. The van der Waals surface area contributed by atoms with E-state index in [9.17, 15) is 4.79 Å². The van der Waals surface area contributed by atoms with E-state index in [2.05, 4.69) is 39.8 Å². The van der Waals surface area contributed by atoms with E-state index in [-0.39, 0.29) is 5.92 Å². The summed E-state index contributed by atoms with van der Waals surface area (Å²) in [5.74, 6) is 0.392. The molecular formula is C16H24O. The van der Waals surface area contributed by atoms with Gasteiger partial charge >= 0.3 is 0 Å². The first-order valence-corrected chi connectivity index (χ1v) is 6.70. The molecule has 1 aromatic rings. The summed E-state index contributed by atoms with van der Waals surface area (Å²) in [5, 5.41) is 0. The van der Waals surface area contributed by atoms with E-state index in [4.69, 9.17) is 0 Å². The Labute approximate surface area is 105 Å². The van der Waals surface area contributed by atoms with Gasteiger partial charge in [0.2, 0.25) is 0 Å². The van der Waals surface area contributed by atoms with Crippen molar-refractivity contribution in [2.45, 2.75) is 59.8 Å². The maximum Gasteiger partial charge on any atom is 0.139 e. The molecule has 1 unspecified atom stereocenters. The van der Waals surface area contributed by atoms with E-state index >= 15 is 0 Å². The second-order valence-corrected chi connectivity index (χ2v) is 4.75. The Balaban J connectivity index is 3.33. The third kappa shape index (κ3) is 2.96.